The van der Waals surface area contributed by atoms with E-state index in [4.69, 9.17) is 0 Å². The molecule has 4 rings (SSSR count). The summed E-state index contributed by atoms with van der Waals surface area (Å²) in [5, 5.41) is 19.8. The van der Waals surface area contributed by atoms with Crippen LogP contribution >= 0.6 is 0 Å². The Morgan fingerprint density at radius 3 is 2.58 bits per heavy atom. The molecule has 11 heteroatoms. The van der Waals surface area contributed by atoms with Crippen molar-refractivity contribution in [1.29, 1.82) is 5.26 Å². The molecule has 0 amide bonds. The molecule has 0 aromatic carbocycles. The number of nitriles is 1. The highest BCUT2D eigenvalue weighted by Gasteiger charge is 2.43. The lowest BCUT2D eigenvalue weighted by atomic mass is 9.87. The van der Waals surface area contributed by atoms with Gasteiger partial charge < -0.3 is 15.1 Å². The lowest BCUT2D eigenvalue weighted by Crippen LogP contribution is -2.55. The quantitative estimate of drug-likeness (QED) is 0.774. The van der Waals surface area contributed by atoms with Crippen LogP contribution in [0, 0.1) is 11.3 Å². The summed E-state index contributed by atoms with van der Waals surface area (Å²) in [6, 6.07) is 3.22. The molecule has 0 spiro atoms. The van der Waals surface area contributed by atoms with Crippen LogP contribution in [-0.4, -0.2) is 51.9 Å². The van der Waals surface area contributed by atoms with Gasteiger partial charge in [0.1, 0.15) is 24.0 Å². The number of alkyl halides is 3. The molecule has 2 aliphatic rings. The SMILES string of the molecule is C[C@@H]1CN(c2ncnc3c2C(C)(C)CN3c2cc(C#N)c(C(F)(F)F)nn2)[C@@H](C)CN1. The molecule has 2 aliphatic heterocycles. The zero-order valence-electron chi connectivity index (χ0n) is 17.7. The van der Waals surface area contributed by atoms with Gasteiger partial charge in [-0.05, 0) is 13.8 Å². The molecule has 1 N–H and O–H groups in total. The van der Waals surface area contributed by atoms with Gasteiger partial charge in [-0.25, -0.2) is 9.97 Å². The number of hydrogen-bond acceptors (Lipinski definition) is 8. The third-order valence-corrected chi connectivity index (χ3v) is 5.78. The van der Waals surface area contributed by atoms with Gasteiger partial charge in [-0.2, -0.15) is 18.4 Å². The standard InChI is InChI=1S/C20H23F3N8/c1-11-8-30(12(2)7-25-11)17-15-18(27-10-26-17)31(9-19(15,3)4)14-5-13(6-24)16(29-28-14)20(21,22)23/h5,10-12,25H,7-9H2,1-4H3/t11-,12+/m1/s1. The highest BCUT2D eigenvalue weighted by molar-refractivity contribution is 5.74. The molecule has 1 saturated heterocycles. The van der Waals surface area contributed by atoms with Gasteiger partial charge in [-0.15, -0.1) is 10.2 Å². The summed E-state index contributed by atoms with van der Waals surface area (Å²) >= 11 is 0. The molecule has 0 aliphatic carbocycles. The molecular weight excluding hydrogens is 409 g/mol. The van der Waals surface area contributed by atoms with Crippen molar-refractivity contribution in [3.05, 3.63) is 29.2 Å². The van der Waals surface area contributed by atoms with Crippen LogP contribution in [0.3, 0.4) is 0 Å². The normalized spacial score (nSPS) is 22.9. The number of nitrogens with zero attached hydrogens (tertiary/aromatic N) is 7. The fraction of sp³-hybridized carbons (Fsp3) is 0.550. The Morgan fingerprint density at radius 1 is 1.19 bits per heavy atom. The Labute approximate surface area is 178 Å². The Balaban J connectivity index is 1.80. The second kappa shape index (κ2) is 7.30. The third-order valence-electron chi connectivity index (χ3n) is 5.78. The molecule has 2 aromatic heterocycles. The fourth-order valence-electron chi connectivity index (χ4n) is 4.26. The van der Waals surface area contributed by atoms with Crippen LogP contribution in [0.15, 0.2) is 12.4 Å². The number of halogens is 3. The van der Waals surface area contributed by atoms with Crippen molar-refractivity contribution >= 4 is 17.5 Å². The average molecular weight is 432 g/mol. The van der Waals surface area contributed by atoms with E-state index < -0.39 is 22.8 Å². The molecule has 4 heterocycles. The Kier molecular flexibility index (Phi) is 5.00. The van der Waals surface area contributed by atoms with Gasteiger partial charge in [0, 0.05) is 48.8 Å². The van der Waals surface area contributed by atoms with Crippen LogP contribution in [-0.2, 0) is 11.6 Å². The number of nitrogens with one attached hydrogen (secondary N) is 1. The fourth-order valence-corrected chi connectivity index (χ4v) is 4.26. The van der Waals surface area contributed by atoms with Gasteiger partial charge in [-0.3, -0.25) is 0 Å². The first-order valence-corrected chi connectivity index (χ1v) is 10.0. The number of fused-ring (bicyclic) bond motifs is 1. The van der Waals surface area contributed by atoms with E-state index >= 15 is 0 Å². The second-order valence-corrected chi connectivity index (χ2v) is 8.75. The van der Waals surface area contributed by atoms with E-state index in [1.807, 2.05) is 13.8 Å². The lowest BCUT2D eigenvalue weighted by molar-refractivity contribution is -0.141. The zero-order chi connectivity index (χ0) is 22.6. The Hall–Kier alpha value is -3.00. The van der Waals surface area contributed by atoms with Crippen LogP contribution in [0.25, 0.3) is 0 Å². The maximum Gasteiger partial charge on any atom is 0.436 e. The Bertz CT molecular complexity index is 1050. The topological polar surface area (TPSA) is 93.9 Å². The average Bonchev–Trinajstić information content (AvgIpc) is 3.00. The lowest BCUT2D eigenvalue weighted by Gasteiger charge is -2.40. The molecule has 31 heavy (non-hydrogen) atoms. The summed E-state index contributed by atoms with van der Waals surface area (Å²) in [7, 11) is 0. The molecule has 0 saturated carbocycles. The van der Waals surface area contributed by atoms with Gasteiger partial charge >= 0.3 is 6.18 Å². The minimum Gasteiger partial charge on any atom is -0.351 e. The zero-order valence-corrected chi connectivity index (χ0v) is 17.7. The van der Waals surface area contributed by atoms with Gasteiger partial charge in [0.25, 0.3) is 0 Å². The predicted octanol–water partition coefficient (Wildman–Crippen LogP) is 2.77. The number of rotatable bonds is 2. The van der Waals surface area contributed by atoms with E-state index in [-0.39, 0.29) is 11.9 Å². The van der Waals surface area contributed by atoms with Crippen molar-refractivity contribution in [1.82, 2.24) is 25.5 Å². The number of piperazine rings is 1. The van der Waals surface area contributed by atoms with Crippen LogP contribution < -0.4 is 15.1 Å². The van der Waals surface area contributed by atoms with Crippen molar-refractivity contribution in [3.8, 4) is 6.07 Å². The second-order valence-electron chi connectivity index (χ2n) is 8.75. The highest BCUT2D eigenvalue weighted by Crippen LogP contribution is 2.47. The minimum atomic E-state index is -4.75. The van der Waals surface area contributed by atoms with Crippen molar-refractivity contribution in [2.45, 2.75) is 51.4 Å². The first-order chi connectivity index (χ1) is 14.5. The van der Waals surface area contributed by atoms with E-state index in [0.717, 1.165) is 30.5 Å². The molecule has 1 fully saturated rings. The number of aromatic nitrogens is 4. The Morgan fingerprint density at radius 2 is 1.90 bits per heavy atom. The van der Waals surface area contributed by atoms with Crippen LogP contribution in [0.5, 0.6) is 0 Å². The summed E-state index contributed by atoms with van der Waals surface area (Å²) in [5.74, 6) is 1.55. The summed E-state index contributed by atoms with van der Waals surface area (Å²) in [5.41, 5.74) is -1.33. The van der Waals surface area contributed by atoms with E-state index in [1.54, 1.807) is 11.0 Å². The molecule has 8 nitrogen and oxygen atoms in total. The summed E-state index contributed by atoms with van der Waals surface area (Å²) in [4.78, 5) is 13.0. The van der Waals surface area contributed by atoms with Crippen LogP contribution in [0.2, 0.25) is 0 Å². The minimum absolute atomic E-state index is 0.155. The first-order valence-electron chi connectivity index (χ1n) is 10.0. The van der Waals surface area contributed by atoms with Crippen LogP contribution in [0.1, 0.15) is 44.5 Å². The summed E-state index contributed by atoms with van der Waals surface area (Å²) in [6.07, 6.45) is -3.28. The van der Waals surface area contributed by atoms with Crippen LogP contribution in [0.4, 0.5) is 30.6 Å². The van der Waals surface area contributed by atoms with Crippen molar-refractivity contribution in [2.24, 2.45) is 0 Å². The van der Waals surface area contributed by atoms with Gasteiger partial charge in [0.2, 0.25) is 0 Å². The predicted molar refractivity (Wildman–Crippen MR) is 108 cm³/mol. The van der Waals surface area contributed by atoms with Crippen molar-refractivity contribution in [3.63, 3.8) is 0 Å². The van der Waals surface area contributed by atoms with Crippen molar-refractivity contribution < 1.29 is 13.2 Å². The molecule has 0 bridgehead atoms. The molecule has 0 radical (unpaired) electrons. The highest BCUT2D eigenvalue weighted by atomic mass is 19.4. The maximum absolute atomic E-state index is 13.1. The summed E-state index contributed by atoms with van der Waals surface area (Å²) < 4.78 is 39.4. The van der Waals surface area contributed by atoms with E-state index in [1.165, 1.54) is 6.33 Å². The first kappa shape index (κ1) is 21.2. The molecule has 164 valence electrons. The molecule has 2 atom stereocenters. The van der Waals surface area contributed by atoms with Gasteiger partial charge in [0.05, 0.1) is 5.56 Å². The monoisotopic (exact) mass is 432 g/mol. The largest absolute Gasteiger partial charge is 0.436 e. The third kappa shape index (κ3) is 3.65. The maximum atomic E-state index is 13.1. The smallest absolute Gasteiger partial charge is 0.351 e. The van der Waals surface area contributed by atoms with E-state index in [9.17, 15) is 18.4 Å². The van der Waals surface area contributed by atoms with E-state index in [2.05, 4.69) is 44.2 Å². The van der Waals surface area contributed by atoms with Gasteiger partial charge in [0.15, 0.2) is 11.5 Å². The van der Waals surface area contributed by atoms with Gasteiger partial charge in [-0.1, -0.05) is 13.8 Å². The molecule has 2 aromatic rings. The van der Waals surface area contributed by atoms with E-state index in [0.29, 0.717) is 18.4 Å². The van der Waals surface area contributed by atoms with Crippen molar-refractivity contribution in [2.75, 3.05) is 29.4 Å². The molecule has 0 unspecified atom stereocenters. The number of anilines is 3. The number of hydrogen-bond donors (Lipinski definition) is 1. The molecular formula is C20H23F3N8. The summed E-state index contributed by atoms with van der Waals surface area (Å²) in [6.45, 7) is 10.3.